The third-order valence-electron chi connectivity index (χ3n) is 7.45. The van der Waals surface area contributed by atoms with Crippen LogP contribution in [0.4, 0.5) is 13.2 Å². The van der Waals surface area contributed by atoms with Crippen LogP contribution in [0.3, 0.4) is 0 Å². The van der Waals surface area contributed by atoms with Crippen molar-refractivity contribution in [1.82, 2.24) is 15.0 Å². The first kappa shape index (κ1) is 28.0. The summed E-state index contributed by atoms with van der Waals surface area (Å²) in [4.78, 5) is 18.2. The number of carboxylic acids is 1. The van der Waals surface area contributed by atoms with Crippen LogP contribution in [-0.2, 0) is 16.5 Å². The maximum atomic E-state index is 13.6. The molecule has 0 aliphatic heterocycles. The van der Waals surface area contributed by atoms with Gasteiger partial charge in [0.1, 0.15) is 5.54 Å². The number of hydrogen-bond acceptors (Lipinski definition) is 5. The molecule has 9 heteroatoms. The lowest BCUT2D eigenvalue weighted by atomic mass is 9.87. The molecule has 3 aromatic carbocycles. The minimum absolute atomic E-state index is 0.107. The second-order valence-electron chi connectivity index (χ2n) is 10.6. The van der Waals surface area contributed by atoms with Crippen LogP contribution in [0.15, 0.2) is 71.3 Å². The van der Waals surface area contributed by atoms with Gasteiger partial charge >= 0.3 is 12.1 Å². The summed E-state index contributed by atoms with van der Waals surface area (Å²) in [6.07, 6.45) is -4.47. The Morgan fingerprint density at radius 3 is 2.23 bits per heavy atom. The Labute approximate surface area is 225 Å². The molecule has 0 fully saturated rings. The van der Waals surface area contributed by atoms with E-state index in [1.54, 1.807) is 57.0 Å². The second-order valence-corrected chi connectivity index (χ2v) is 10.6. The molecule has 0 unspecified atom stereocenters. The number of hydrogen-bond donors (Lipinski definition) is 1. The standard InChI is InChI=1S/C30H30F3N3O3/c1-18-16-20(14-15-22(18)23-12-7-8-13-24(23)30(31,32)33)26-34-25(35-39-26)19-10-9-11-21(17-19)28(2,3)36(6)29(4,5)27(37)38/h7-17H,1-6H3,(H,37,38). The van der Waals surface area contributed by atoms with Crippen LogP contribution in [0.1, 0.15) is 44.4 Å². The fourth-order valence-corrected chi connectivity index (χ4v) is 4.60. The minimum atomic E-state index is -4.47. The first-order valence-electron chi connectivity index (χ1n) is 12.3. The monoisotopic (exact) mass is 537 g/mol. The molecule has 0 saturated carbocycles. The summed E-state index contributed by atoms with van der Waals surface area (Å²) < 4.78 is 46.2. The van der Waals surface area contributed by atoms with E-state index in [0.29, 0.717) is 28.1 Å². The minimum Gasteiger partial charge on any atom is -0.480 e. The number of likely N-dealkylation sites (N-methyl/N-ethyl adjacent to an activating group) is 1. The highest BCUT2D eigenvalue weighted by Crippen LogP contribution is 2.39. The number of nitrogens with zero attached hydrogens (tertiary/aromatic N) is 3. The van der Waals surface area contributed by atoms with Gasteiger partial charge in [-0.2, -0.15) is 18.2 Å². The topological polar surface area (TPSA) is 79.5 Å². The van der Waals surface area contributed by atoms with Crippen LogP contribution in [0, 0.1) is 6.92 Å². The van der Waals surface area contributed by atoms with Gasteiger partial charge in [-0.15, -0.1) is 0 Å². The molecule has 1 heterocycles. The molecule has 0 saturated heterocycles. The fourth-order valence-electron chi connectivity index (χ4n) is 4.60. The van der Waals surface area contributed by atoms with Crippen molar-refractivity contribution >= 4 is 5.97 Å². The quantitative estimate of drug-likeness (QED) is 0.264. The average Bonchev–Trinajstić information content (AvgIpc) is 3.38. The van der Waals surface area contributed by atoms with Crippen molar-refractivity contribution in [2.24, 2.45) is 0 Å². The first-order chi connectivity index (χ1) is 18.1. The Balaban J connectivity index is 1.65. The van der Waals surface area contributed by atoms with Crippen molar-refractivity contribution in [3.05, 3.63) is 83.4 Å². The van der Waals surface area contributed by atoms with Crippen LogP contribution in [0.2, 0.25) is 0 Å². The van der Waals surface area contributed by atoms with Crippen molar-refractivity contribution in [3.63, 3.8) is 0 Å². The molecule has 0 amide bonds. The molecule has 6 nitrogen and oxygen atoms in total. The molecule has 0 spiro atoms. The number of benzene rings is 3. The number of aryl methyl sites for hydroxylation is 1. The zero-order valence-electron chi connectivity index (χ0n) is 22.6. The summed E-state index contributed by atoms with van der Waals surface area (Å²) in [6.45, 7) is 8.94. The van der Waals surface area contributed by atoms with Crippen molar-refractivity contribution in [3.8, 4) is 34.0 Å². The number of carboxylic acid groups (broad SMARTS) is 1. The van der Waals surface area contributed by atoms with Gasteiger partial charge in [0.05, 0.1) is 5.56 Å². The van der Waals surface area contributed by atoms with Gasteiger partial charge in [0.25, 0.3) is 5.89 Å². The maximum absolute atomic E-state index is 13.6. The number of aromatic nitrogens is 2. The van der Waals surface area contributed by atoms with E-state index >= 15 is 0 Å². The Hall–Kier alpha value is -3.98. The molecule has 1 aromatic heterocycles. The summed E-state index contributed by atoms with van der Waals surface area (Å²) in [7, 11) is 1.77. The molecule has 204 valence electrons. The Morgan fingerprint density at radius 1 is 0.897 bits per heavy atom. The maximum Gasteiger partial charge on any atom is 0.417 e. The highest BCUT2D eigenvalue weighted by molar-refractivity contribution is 5.78. The molecular weight excluding hydrogens is 507 g/mol. The van der Waals surface area contributed by atoms with Gasteiger partial charge in [0.15, 0.2) is 0 Å². The molecular formula is C30H30F3N3O3. The van der Waals surface area contributed by atoms with Gasteiger partial charge in [0.2, 0.25) is 5.82 Å². The van der Waals surface area contributed by atoms with E-state index in [9.17, 15) is 23.1 Å². The highest BCUT2D eigenvalue weighted by atomic mass is 19.4. The van der Waals surface area contributed by atoms with E-state index in [2.05, 4.69) is 10.1 Å². The van der Waals surface area contributed by atoms with E-state index in [1.807, 2.05) is 38.1 Å². The average molecular weight is 538 g/mol. The van der Waals surface area contributed by atoms with Crippen molar-refractivity contribution in [2.45, 2.75) is 51.9 Å². The van der Waals surface area contributed by atoms with E-state index < -0.39 is 28.8 Å². The molecule has 4 aromatic rings. The first-order valence-corrected chi connectivity index (χ1v) is 12.3. The van der Waals surface area contributed by atoms with Crippen molar-refractivity contribution < 1.29 is 27.6 Å². The lowest BCUT2D eigenvalue weighted by molar-refractivity contribution is -0.152. The molecule has 0 atom stereocenters. The van der Waals surface area contributed by atoms with E-state index in [1.165, 1.54) is 12.1 Å². The summed E-state index contributed by atoms with van der Waals surface area (Å²) in [5, 5.41) is 13.8. The summed E-state index contributed by atoms with van der Waals surface area (Å²) in [6, 6.07) is 18.0. The van der Waals surface area contributed by atoms with Gasteiger partial charge in [-0.25, -0.2) is 0 Å². The SMILES string of the molecule is Cc1cc(-c2nc(-c3cccc(C(C)(C)N(C)C(C)(C)C(=O)O)c3)no2)ccc1-c1ccccc1C(F)(F)F. The highest BCUT2D eigenvalue weighted by Gasteiger charge is 2.41. The summed E-state index contributed by atoms with van der Waals surface area (Å²) >= 11 is 0. The Kier molecular flexibility index (Phi) is 7.16. The van der Waals surface area contributed by atoms with Gasteiger partial charge in [-0.1, -0.05) is 47.6 Å². The molecule has 0 radical (unpaired) electrons. The predicted octanol–water partition coefficient (Wildman–Crippen LogP) is 7.43. The fraction of sp³-hybridized carbons (Fsp3) is 0.300. The largest absolute Gasteiger partial charge is 0.480 e. The zero-order valence-corrected chi connectivity index (χ0v) is 22.6. The lowest BCUT2D eigenvalue weighted by Gasteiger charge is -2.44. The van der Waals surface area contributed by atoms with E-state index in [4.69, 9.17) is 4.52 Å². The molecule has 4 rings (SSSR count). The van der Waals surface area contributed by atoms with Crippen molar-refractivity contribution in [1.29, 1.82) is 0 Å². The molecule has 1 N–H and O–H groups in total. The number of halogens is 3. The zero-order chi connectivity index (χ0) is 28.8. The Bertz CT molecular complexity index is 1520. The van der Waals surface area contributed by atoms with Crippen molar-refractivity contribution in [2.75, 3.05) is 7.05 Å². The second kappa shape index (κ2) is 9.96. The number of alkyl halides is 3. The molecule has 0 bridgehead atoms. The van der Waals surface area contributed by atoms with E-state index in [0.717, 1.165) is 11.6 Å². The smallest absolute Gasteiger partial charge is 0.417 e. The lowest BCUT2D eigenvalue weighted by Crippen LogP contribution is -2.55. The number of rotatable bonds is 7. The number of aliphatic carboxylic acids is 1. The van der Waals surface area contributed by atoms with Crippen LogP contribution in [-0.4, -0.2) is 38.7 Å². The number of carbonyl (C=O) groups is 1. The van der Waals surface area contributed by atoms with Crippen LogP contribution >= 0.6 is 0 Å². The molecule has 0 aliphatic rings. The predicted molar refractivity (Wildman–Crippen MR) is 143 cm³/mol. The van der Waals surface area contributed by atoms with Gasteiger partial charge in [-0.3, -0.25) is 9.69 Å². The third-order valence-corrected chi connectivity index (χ3v) is 7.45. The Morgan fingerprint density at radius 2 is 1.59 bits per heavy atom. The van der Waals surface area contributed by atoms with Gasteiger partial charge in [-0.05, 0) is 88.2 Å². The third kappa shape index (κ3) is 5.31. The molecule has 0 aliphatic carbocycles. The van der Waals surface area contributed by atoms with E-state index in [-0.39, 0.29) is 11.5 Å². The van der Waals surface area contributed by atoms with Crippen LogP contribution in [0.25, 0.3) is 34.0 Å². The van der Waals surface area contributed by atoms with Crippen LogP contribution in [0.5, 0.6) is 0 Å². The van der Waals surface area contributed by atoms with Crippen LogP contribution < -0.4 is 0 Å². The van der Waals surface area contributed by atoms with Gasteiger partial charge < -0.3 is 9.63 Å². The normalized spacial score (nSPS) is 12.7. The molecule has 39 heavy (non-hydrogen) atoms. The summed E-state index contributed by atoms with van der Waals surface area (Å²) in [5.74, 6) is -0.357. The van der Waals surface area contributed by atoms with Gasteiger partial charge in [0, 0.05) is 16.7 Å². The summed E-state index contributed by atoms with van der Waals surface area (Å²) in [5.41, 5.74) is 0.909.